The number of hydrogen-bond acceptors (Lipinski definition) is 3. The Morgan fingerprint density at radius 1 is 1.11 bits per heavy atom. The van der Waals surface area contributed by atoms with Gasteiger partial charge in [0.15, 0.2) is 0 Å². The first-order chi connectivity index (χ1) is 8.59. The first-order valence-electron chi connectivity index (χ1n) is 5.83. The van der Waals surface area contributed by atoms with Gasteiger partial charge < -0.3 is 14.7 Å². The molecule has 1 aliphatic heterocycles. The minimum absolute atomic E-state index is 0.00951. The van der Waals surface area contributed by atoms with Crippen molar-refractivity contribution >= 4 is 12.1 Å². The predicted octanol–water partition coefficient (Wildman–Crippen LogP) is 0.150. The van der Waals surface area contributed by atoms with Crippen LogP contribution in [0.25, 0.3) is 0 Å². The maximum atomic E-state index is 12.0. The SMILES string of the molecule is CN(C)C(=O)N1CCN(C(=O)n2ccnc2)CC1. The first-order valence-corrected chi connectivity index (χ1v) is 5.83. The number of aromatic nitrogens is 2. The summed E-state index contributed by atoms with van der Waals surface area (Å²) in [5, 5.41) is 0. The second-order valence-electron chi connectivity index (χ2n) is 4.40. The van der Waals surface area contributed by atoms with Crippen LogP contribution in [0.4, 0.5) is 9.59 Å². The van der Waals surface area contributed by atoms with Gasteiger partial charge in [-0.25, -0.2) is 14.6 Å². The third-order valence-corrected chi connectivity index (χ3v) is 2.93. The van der Waals surface area contributed by atoms with Crippen molar-refractivity contribution in [1.82, 2.24) is 24.3 Å². The Bertz CT molecular complexity index is 421. The van der Waals surface area contributed by atoms with Gasteiger partial charge in [0.05, 0.1) is 0 Å². The molecule has 18 heavy (non-hydrogen) atoms. The van der Waals surface area contributed by atoms with E-state index < -0.39 is 0 Å². The van der Waals surface area contributed by atoms with Crippen LogP contribution >= 0.6 is 0 Å². The van der Waals surface area contributed by atoms with Gasteiger partial charge in [-0.3, -0.25) is 4.57 Å². The average molecular weight is 251 g/mol. The van der Waals surface area contributed by atoms with E-state index in [1.165, 1.54) is 10.9 Å². The maximum absolute atomic E-state index is 12.0. The fourth-order valence-corrected chi connectivity index (χ4v) is 1.91. The summed E-state index contributed by atoms with van der Waals surface area (Å²) in [4.78, 5) is 32.6. The first kappa shape index (κ1) is 12.4. The molecule has 0 N–H and O–H groups in total. The number of amides is 3. The minimum atomic E-state index is -0.0931. The Labute approximate surface area is 106 Å². The molecule has 1 fully saturated rings. The van der Waals surface area contributed by atoms with Gasteiger partial charge in [0.2, 0.25) is 0 Å². The molecule has 0 radical (unpaired) electrons. The van der Waals surface area contributed by atoms with Crippen molar-refractivity contribution in [2.75, 3.05) is 40.3 Å². The molecule has 0 bridgehead atoms. The summed E-state index contributed by atoms with van der Waals surface area (Å²) in [5.74, 6) is 0. The zero-order chi connectivity index (χ0) is 13.1. The number of hydrogen-bond donors (Lipinski definition) is 0. The molecule has 1 aromatic heterocycles. The monoisotopic (exact) mass is 251 g/mol. The quantitative estimate of drug-likeness (QED) is 0.659. The molecule has 0 aromatic carbocycles. The number of carbonyl (C=O) groups is 2. The van der Waals surface area contributed by atoms with Gasteiger partial charge in [-0.15, -0.1) is 0 Å². The molecule has 7 nitrogen and oxygen atoms in total. The van der Waals surface area contributed by atoms with Crippen LogP contribution in [0.15, 0.2) is 18.7 Å². The number of piperazine rings is 1. The zero-order valence-corrected chi connectivity index (χ0v) is 10.6. The molecule has 7 heteroatoms. The van der Waals surface area contributed by atoms with Crippen molar-refractivity contribution in [2.45, 2.75) is 0 Å². The van der Waals surface area contributed by atoms with Crippen LogP contribution < -0.4 is 0 Å². The molecule has 3 amide bonds. The maximum Gasteiger partial charge on any atom is 0.329 e. The van der Waals surface area contributed by atoms with Gasteiger partial charge in [0, 0.05) is 52.7 Å². The van der Waals surface area contributed by atoms with Gasteiger partial charge in [-0.1, -0.05) is 0 Å². The van der Waals surface area contributed by atoms with Crippen molar-refractivity contribution < 1.29 is 9.59 Å². The molecular weight excluding hydrogens is 234 g/mol. The highest BCUT2D eigenvalue weighted by atomic mass is 16.2. The summed E-state index contributed by atoms with van der Waals surface area (Å²) in [5.41, 5.74) is 0. The van der Waals surface area contributed by atoms with E-state index in [4.69, 9.17) is 0 Å². The van der Waals surface area contributed by atoms with Gasteiger partial charge >= 0.3 is 12.1 Å². The zero-order valence-electron chi connectivity index (χ0n) is 10.6. The summed E-state index contributed by atoms with van der Waals surface area (Å²) in [7, 11) is 3.46. The Morgan fingerprint density at radius 3 is 2.22 bits per heavy atom. The van der Waals surface area contributed by atoms with E-state index in [0.717, 1.165) is 0 Å². The van der Waals surface area contributed by atoms with Gasteiger partial charge in [-0.2, -0.15) is 0 Å². The largest absolute Gasteiger partial charge is 0.331 e. The summed E-state index contributed by atoms with van der Waals surface area (Å²) in [6.07, 6.45) is 4.68. The van der Waals surface area contributed by atoms with Gasteiger partial charge in [0.25, 0.3) is 0 Å². The fourth-order valence-electron chi connectivity index (χ4n) is 1.91. The molecular formula is C11H17N5O2. The van der Waals surface area contributed by atoms with Crippen LogP contribution in [0.1, 0.15) is 0 Å². The summed E-state index contributed by atoms with van der Waals surface area (Å²) in [6.45, 7) is 2.24. The normalized spacial score (nSPS) is 15.7. The van der Waals surface area contributed by atoms with Crippen molar-refractivity contribution in [3.8, 4) is 0 Å². The third-order valence-electron chi connectivity index (χ3n) is 2.93. The van der Waals surface area contributed by atoms with Gasteiger partial charge in [0.1, 0.15) is 6.33 Å². The van der Waals surface area contributed by atoms with Crippen LogP contribution in [0.3, 0.4) is 0 Å². The van der Waals surface area contributed by atoms with Crippen LogP contribution in [0.5, 0.6) is 0 Å². The highest BCUT2D eigenvalue weighted by Crippen LogP contribution is 2.06. The highest BCUT2D eigenvalue weighted by Gasteiger charge is 2.25. The van der Waals surface area contributed by atoms with E-state index >= 15 is 0 Å². The summed E-state index contributed by atoms with van der Waals surface area (Å²) >= 11 is 0. The lowest BCUT2D eigenvalue weighted by molar-refractivity contribution is 0.129. The standard InChI is InChI=1S/C11H17N5O2/c1-13(2)10(17)14-5-7-15(8-6-14)11(18)16-4-3-12-9-16/h3-4,9H,5-8H2,1-2H3. The van der Waals surface area contributed by atoms with E-state index in [1.807, 2.05) is 0 Å². The molecule has 0 spiro atoms. The fraction of sp³-hybridized carbons (Fsp3) is 0.545. The minimum Gasteiger partial charge on any atom is -0.331 e. The Kier molecular flexibility index (Phi) is 3.50. The Balaban J connectivity index is 1.91. The summed E-state index contributed by atoms with van der Waals surface area (Å²) < 4.78 is 1.45. The Hall–Kier alpha value is -2.05. The molecule has 1 aliphatic rings. The van der Waals surface area contributed by atoms with Crippen LogP contribution in [0.2, 0.25) is 0 Å². The lowest BCUT2D eigenvalue weighted by Crippen LogP contribution is -2.53. The van der Waals surface area contributed by atoms with Crippen molar-refractivity contribution in [3.05, 3.63) is 18.7 Å². The van der Waals surface area contributed by atoms with Crippen LogP contribution in [-0.2, 0) is 0 Å². The number of carbonyl (C=O) groups excluding carboxylic acids is 2. The van der Waals surface area contributed by atoms with E-state index in [1.54, 1.807) is 41.2 Å². The molecule has 0 saturated carbocycles. The van der Waals surface area contributed by atoms with Crippen LogP contribution in [-0.4, -0.2) is 76.6 Å². The van der Waals surface area contributed by atoms with E-state index in [9.17, 15) is 9.59 Å². The lowest BCUT2D eigenvalue weighted by atomic mass is 10.3. The highest BCUT2D eigenvalue weighted by molar-refractivity contribution is 5.78. The van der Waals surface area contributed by atoms with Crippen LogP contribution in [0, 0.1) is 0 Å². The average Bonchev–Trinajstić information content (AvgIpc) is 2.91. The molecule has 1 saturated heterocycles. The Morgan fingerprint density at radius 2 is 1.72 bits per heavy atom. The molecule has 0 atom stereocenters. The number of rotatable bonds is 0. The van der Waals surface area contributed by atoms with Crippen molar-refractivity contribution in [1.29, 1.82) is 0 Å². The second-order valence-corrected chi connectivity index (χ2v) is 4.40. The molecule has 1 aromatic rings. The van der Waals surface area contributed by atoms with E-state index in [-0.39, 0.29) is 12.1 Å². The van der Waals surface area contributed by atoms with Crippen molar-refractivity contribution in [2.24, 2.45) is 0 Å². The smallest absolute Gasteiger partial charge is 0.329 e. The lowest BCUT2D eigenvalue weighted by Gasteiger charge is -2.35. The topological polar surface area (TPSA) is 61.7 Å². The number of urea groups is 1. The second kappa shape index (κ2) is 5.07. The molecule has 0 unspecified atom stereocenters. The molecule has 2 rings (SSSR count). The number of nitrogens with zero attached hydrogens (tertiary/aromatic N) is 5. The third kappa shape index (κ3) is 2.44. The summed E-state index contributed by atoms with van der Waals surface area (Å²) in [6, 6.07) is -0.103. The molecule has 0 aliphatic carbocycles. The van der Waals surface area contributed by atoms with E-state index in [0.29, 0.717) is 26.2 Å². The van der Waals surface area contributed by atoms with Gasteiger partial charge in [-0.05, 0) is 0 Å². The van der Waals surface area contributed by atoms with E-state index in [2.05, 4.69) is 4.98 Å². The van der Waals surface area contributed by atoms with Crippen molar-refractivity contribution in [3.63, 3.8) is 0 Å². The molecule has 98 valence electrons. The molecule has 2 heterocycles. The number of imidazole rings is 1. The predicted molar refractivity (Wildman–Crippen MR) is 65.3 cm³/mol.